The second-order valence-electron chi connectivity index (χ2n) is 5.94. The van der Waals surface area contributed by atoms with Gasteiger partial charge in [0, 0.05) is 30.8 Å². The molecular weight excluding hydrogens is 348 g/mol. The number of nitro benzene ring substituents is 1. The van der Waals surface area contributed by atoms with Crippen molar-refractivity contribution in [3.63, 3.8) is 0 Å². The number of carbonyl (C=O) groups is 1. The highest BCUT2D eigenvalue weighted by molar-refractivity contribution is 7.91. The van der Waals surface area contributed by atoms with E-state index in [0.717, 1.165) is 0 Å². The number of hydrogen-bond donors (Lipinski definition) is 0. The molecule has 9 heteroatoms. The van der Waals surface area contributed by atoms with Crippen molar-refractivity contribution in [1.82, 2.24) is 4.90 Å². The quantitative estimate of drug-likeness (QED) is 0.607. The monoisotopic (exact) mass is 364 g/mol. The van der Waals surface area contributed by atoms with E-state index < -0.39 is 20.7 Å². The van der Waals surface area contributed by atoms with Crippen molar-refractivity contribution in [2.45, 2.75) is 12.5 Å². The predicted molar refractivity (Wildman–Crippen MR) is 90.0 cm³/mol. The maximum Gasteiger partial charge on any atom is 0.289 e. The summed E-state index contributed by atoms with van der Waals surface area (Å²) in [5, 5.41) is 10.9. The van der Waals surface area contributed by atoms with Crippen LogP contribution in [0.5, 0.6) is 0 Å². The normalized spacial score (nSPS) is 18.8. The van der Waals surface area contributed by atoms with E-state index in [2.05, 4.69) is 0 Å². The van der Waals surface area contributed by atoms with Crippen LogP contribution in [0, 0.1) is 10.1 Å². The molecule has 1 aromatic carbocycles. The highest BCUT2D eigenvalue weighted by atomic mass is 32.2. The molecule has 3 rings (SSSR count). The predicted octanol–water partition coefficient (Wildman–Crippen LogP) is 2.11. The summed E-state index contributed by atoms with van der Waals surface area (Å²) in [4.78, 5) is 24.2. The molecule has 1 aliphatic heterocycles. The van der Waals surface area contributed by atoms with Crippen molar-refractivity contribution in [3.05, 3.63) is 52.3 Å². The molecule has 0 aliphatic carbocycles. The second-order valence-corrected chi connectivity index (χ2v) is 8.17. The zero-order valence-corrected chi connectivity index (χ0v) is 14.2. The van der Waals surface area contributed by atoms with Crippen molar-refractivity contribution in [3.8, 4) is 11.3 Å². The summed E-state index contributed by atoms with van der Waals surface area (Å²) in [6.45, 7) is 0. The molecule has 1 aliphatic rings. The third-order valence-electron chi connectivity index (χ3n) is 4.23. The molecule has 0 saturated carbocycles. The first-order valence-electron chi connectivity index (χ1n) is 7.59. The Kier molecular flexibility index (Phi) is 4.34. The first-order valence-corrected chi connectivity index (χ1v) is 9.41. The lowest BCUT2D eigenvalue weighted by molar-refractivity contribution is -0.384. The minimum absolute atomic E-state index is 0.0479. The van der Waals surface area contributed by atoms with Crippen LogP contribution >= 0.6 is 0 Å². The number of carbonyl (C=O) groups excluding carboxylic acids is 1. The third-order valence-corrected chi connectivity index (χ3v) is 5.99. The minimum atomic E-state index is -3.10. The largest absolute Gasteiger partial charge is 0.451 e. The van der Waals surface area contributed by atoms with Gasteiger partial charge in [0.25, 0.3) is 11.6 Å². The van der Waals surface area contributed by atoms with Crippen LogP contribution in [-0.2, 0) is 9.84 Å². The summed E-state index contributed by atoms with van der Waals surface area (Å²) in [6.07, 6.45) is 0.406. The number of non-ortho nitro benzene ring substituents is 1. The Labute approximate surface area is 144 Å². The van der Waals surface area contributed by atoms with E-state index >= 15 is 0 Å². The lowest BCUT2D eigenvalue weighted by Crippen LogP contribution is -2.37. The van der Waals surface area contributed by atoms with Gasteiger partial charge in [0.05, 0.1) is 16.4 Å². The molecule has 8 nitrogen and oxygen atoms in total. The maximum atomic E-state index is 12.5. The Morgan fingerprint density at radius 3 is 2.72 bits per heavy atom. The Balaban J connectivity index is 1.80. The lowest BCUT2D eigenvalue weighted by atomic mass is 10.1. The van der Waals surface area contributed by atoms with Crippen LogP contribution in [0.2, 0.25) is 0 Å². The Bertz CT molecular complexity index is 934. The Hall–Kier alpha value is -2.68. The van der Waals surface area contributed by atoms with Gasteiger partial charge in [-0.1, -0.05) is 12.1 Å². The molecule has 132 valence electrons. The van der Waals surface area contributed by atoms with Crippen LogP contribution in [0.1, 0.15) is 17.0 Å². The number of nitro groups is 1. The summed E-state index contributed by atoms with van der Waals surface area (Å²) < 4.78 is 28.7. The first-order chi connectivity index (χ1) is 11.8. The summed E-state index contributed by atoms with van der Waals surface area (Å²) in [5.41, 5.74) is 0.411. The van der Waals surface area contributed by atoms with Crippen LogP contribution in [0.3, 0.4) is 0 Å². The fraction of sp³-hybridized carbons (Fsp3) is 0.312. The molecule has 1 saturated heterocycles. The SMILES string of the molecule is CN(C(=O)c1ccc(-c2cccc([N+](=O)[O-])c2)o1)[C@H]1CCS(=O)(=O)C1. The van der Waals surface area contributed by atoms with Crippen LogP contribution in [0.15, 0.2) is 40.8 Å². The van der Waals surface area contributed by atoms with Crippen molar-refractivity contribution < 1.29 is 22.6 Å². The number of sulfone groups is 1. The number of amides is 1. The fourth-order valence-electron chi connectivity index (χ4n) is 2.80. The zero-order chi connectivity index (χ0) is 18.2. The van der Waals surface area contributed by atoms with Gasteiger partial charge in [-0.2, -0.15) is 0 Å². The molecule has 1 atom stereocenters. The molecule has 25 heavy (non-hydrogen) atoms. The summed E-state index contributed by atoms with van der Waals surface area (Å²) >= 11 is 0. The van der Waals surface area contributed by atoms with Gasteiger partial charge in [-0.3, -0.25) is 14.9 Å². The zero-order valence-electron chi connectivity index (χ0n) is 13.4. The smallest absolute Gasteiger partial charge is 0.289 e. The van der Waals surface area contributed by atoms with Gasteiger partial charge in [-0.05, 0) is 18.6 Å². The molecule has 2 heterocycles. The van der Waals surface area contributed by atoms with E-state index in [1.807, 2.05) is 0 Å². The second kappa shape index (κ2) is 6.32. The van der Waals surface area contributed by atoms with E-state index in [-0.39, 0.29) is 29.0 Å². The molecule has 0 N–H and O–H groups in total. The molecule has 1 fully saturated rings. The van der Waals surface area contributed by atoms with Gasteiger partial charge in [0.2, 0.25) is 0 Å². The van der Waals surface area contributed by atoms with E-state index in [1.165, 1.54) is 29.2 Å². The topological polar surface area (TPSA) is 111 Å². The molecule has 1 amide bonds. The average Bonchev–Trinajstić information content (AvgIpc) is 3.20. The molecule has 1 aromatic heterocycles. The van der Waals surface area contributed by atoms with Crippen molar-refractivity contribution in [2.75, 3.05) is 18.6 Å². The summed E-state index contributed by atoms with van der Waals surface area (Å²) in [7, 11) is -1.55. The molecule has 0 spiro atoms. The highest BCUT2D eigenvalue weighted by Gasteiger charge is 2.33. The molecule has 0 bridgehead atoms. The van der Waals surface area contributed by atoms with Gasteiger partial charge in [0.1, 0.15) is 5.76 Å². The minimum Gasteiger partial charge on any atom is -0.451 e. The molecular formula is C16H16N2O6S. The number of rotatable bonds is 4. The van der Waals surface area contributed by atoms with Crippen molar-refractivity contribution >= 4 is 21.4 Å². The average molecular weight is 364 g/mol. The van der Waals surface area contributed by atoms with Crippen molar-refractivity contribution in [2.24, 2.45) is 0 Å². The third kappa shape index (κ3) is 3.55. The van der Waals surface area contributed by atoms with E-state index in [0.29, 0.717) is 17.7 Å². The van der Waals surface area contributed by atoms with Gasteiger partial charge in [-0.15, -0.1) is 0 Å². The fourth-order valence-corrected chi connectivity index (χ4v) is 4.58. The molecule has 0 radical (unpaired) electrons. The highest BCUT2D eigenvalue weighted by Crippen LogP contribution is 2.27. The molecule has 0 unspecified atom stereocenters. The number of furan rings is 1. The van der Waals surface area contributed by atoms with Crippen LogP contribution in [0.25, 0.3) is 11.3 Å². The standard InChI is InChI=1S/C16H16N2O6S/c1-17(13-7-8-25(22,23)10-13)16(19)15-6-5-14(24-15)11-3-2-4-12(9-11)18(20)21/h2-6,9,13H,7-8,10H2,1H3/t13-/m0/s1. The van der Waals surface area contributed by atoms with Crippen LogP contribution in [-0.4, -0.2) is 48.7 Å². The number of nitrogens with zero attached hydrogens (tertiary/aromatic N) is 2. The number of hydrogen-bond acceptors (Lipinski definition) is 6. The number of benzene rings is 1. The van der Waals surface area contributed by atoms with Gasteiger partial charge < -0.3 is 9.32 Å². The van der Waals surface area contributed by atoms with E-state index in [9.17, 15) is 23.3 Å². The van der Waals surface area contributed by atoms with Gasteiger partial charge >= 0.3 is 0 Å². The van der Waals surface area contributed by atoms with Crippen LogP contribution in [0.4, 0.5) is 5.69 Å². The van der Waals surface area contributed by atoms with Crippen LogP contribution < -0.4 is 0 Å². The Morgan fingerprint density at radius 1 is 1.32 bits per heavy atom. The lowest BCUT2D eigenvalue weighted by Gasteiger charge is -2.22. The van der Waals surface area contributed by atoms with Gasteiger partial charge in [0.15, 0.2) is 15.6 Å². The first kappa shape index (κ1) is 17.2. The summed E-state index contributed by atoms with van der Waals surface area (Å²) in [5.74, 6) is 0.00615. The van der Waals surface area contributed by atoms with Crippen molar-refractivity contribution in [1.29, 1.82) is 0 Å². The Morgan fingerprint density at radius 2 is 2.08 bits per heavy atom. The maximum absolute atomic E-state index is 12.5. The van der Waals surface area contributed by atoms with E-state index in [1.54, 1.807) is 19.2 Å². The van der Waals surface area contributed by atoms with E-state index in [4.69, 9.17) is 4.42 Å². The van der Waals surface area contributed by atoms with Gasteiger partial charge in [-0.25, -0.2) is 8.42 Å². The molecule has 2 aromatic rings. The summed E-state index contributed by atoms with van der Waals surface area (Å²) in [6, 6.07) is 8.58.